The molecule has 0 bridgehead atoms. The Balaban J connectivity index is 1.81. The number of rotatable bonds is 4. The molecule has 2 heterocycles. The first-order valence-corrected chi connectivity index (χ1v) is 7.18. The molecule has 1 atom stereocenters. The molecule has 2 N–H and O–H groups in total. The van der Waals surface area contributed by atoms with Gasteiger partial charge in [-0.15, -0.1) is 0 Å². The summed E-state index contributed by atoms with van der Waals surface area (Å²) >= 11 is 0. The van der Waals surface area contributed by atoms with Crippen molar-refractivity contribution in [2.24, 2.45) is 0 Å². The Bertz CT molecular complexity index is 735. The summed E-state index contributed by atoms with van der Waals surface area (Å²) < 4.78 is 10.7. The van der Waals surface area contributed by atoms with Gasteiger partial charge >= 0.3 is 12.0 Å². The van der Waals surface area contributed by atoms with Crippen molar-refractivity contribution in [1.82, 2.24) is 10.6 Å². The van der Waals surface area contributed by atoms with Crippen molar-refractivity contribution in [1.29, 1.82) is 0 Å². The van der Waals surface area contributed by atoms with Crippen LogP contribution in [0.5, 0.6) is 0 Å². The Hall–Kier alpha value is -3.02. The fourth-order valence-electron chi connectivity index (χ4n) is 2.43. The highest BCUT2D eigenvalue weighted by Crippen LogP contribution is 2.28. The fraction of sp³-hybridized carbons (Fsp3) is 0.176. The Labute approximate surface area is 133 Å². The van der Waals surface area contributed by atoms with E-state index in [1.54, 1.807) is 19.1 Å². The molecule has 6 nitrogen and oxygen atoms in total. The minimum atomic E-state index is -0.665. The first-order valence-electron chi connectivity index (χ1n) is 7.18. The standard InChI is InChI=1S/C17H16N2O4/c1-11-14(16(20)23-10-12-6-3-2-4-7-12)15(19-17(21)18-11)13-8-5-9-22-13/h2-9,15H,10H2,1H3,(H2,18,19,21)/t15-/m0/s1. The summed E-state index contributed by atoms with van der Waals surface area (Å²) in [6.45, 7) is 1.82. The van der Waals surface area contributed by atoms with Crippen molar-refractivity contribution < 1.29 is 18.7 Å². The normalized spacial score (nSPS) is 17.4. The van der Waals surface area contributed by atoms with Crippen LogP contribution in [0.15, 0.2) is 64.4 Å². The zero-order valence-corrected chi connectivity index (χ0v) is 12.5. The maximum absolute atomic E-state index is 12.5. The van der Waals surface area contributed by atoms with Gasteiger partial charge in [0.15, 0.2) is 0 Å². The zero-order chi connectivity index (χ0) is 16.2. The number of benzene rings is 1. The molecule has 23 heavy (non-hydrogen) atoms. The predicted octanol–water partition coefficient (Wildman–Crippen LogP) is 2.65. The third-order valence-corrected chi connectivity index (χ3v) is 3.53. The monoisotopic (exact) mass is 312 g/mol. The van der Waals surface area contributed by atoms with E-state index in [0.717, 1.165) is 5.56 Å². The third kappa shape index (κ3) is 3.26. The number of hydrogen-bond donors (Lipinski definition) is 2. The number of carbonyl (C=O) groups excluding carboxylic acids is 2. The average Bonchev–Trinajstić information content (AvgIpc) is 3.07. The molecule has 118 valence electrons. The lowest BCUT2D eigenvalue weighted by Gasteiger charge is -2.26. The van der Waals surface area contributed by atoms with Crippen molar-refractivity contribution in [2.45, 2.75) is 19.6 Å². The molecular weight excluding hydrogens is 296 g/mol. The number of amides is 2. The molecular formula is C17H16N2O4. The van der Waals surface area contributed by atoms with Crippen LogP contribution in [0.2, 0.25) is 0 Å². The molecule has 0 saturated heterocycles. The van der Waals surface area contributed by atoms with Gasteiger partial charge in [0.1, 0.15) is 18.4 Å². The van der Waals surface area contributed by atoms with E-state index >= 15 is 0 Å². The smallest absolute Gasteiger partial charge is 0.338 e. The summed E-state index contributed by atoms with van der Waals surface area (Å²) in [5.74, 6) is -0.0221. The van der Waals surface area contributed by atoms with Gasteiger partial charge in [-0.3, -0.25) is 0 Å². The second kappa shape index (κ2) is 6.39. The number of carbonyl (C=O) groups is 2. The zero-order valence-electron chi connectivity index (χ0n) is 12.5. The van der Waals surface area contributed by atoms with E-state index in [-0.39, 0.29) is 12.6 Å². The highest BCUT2D eigenvalue weighted by molar-refractivity contribution is 5.94. The summed E-state index contributed by atoms with van der Waals surface area (Å²) in [5.41, 5.74) is 1.67. The summed E-state index contributed by atoms with van der Waals surface area (Å²) in [6, 6.07) is 11.7. The Kier molecular flexibility index (Phi) is 4.14. The lowest BCUT2D eigenvalue weighted by atomic mass is 10.0. The highest BCUT2D eigenvalue weighted by Gasteiger charge is 2.33. The number of nitrogens with one attached hydrogen (secondary N) is 2. The van der Waals surface area contributed by atoms with Crippen LogP contribution in [0.4, 0.5) is 4.79 Å². The van der Waals surface area contributed by atoms with Gasteiger partial charge in [0, 0.05) is 5.70 Å². The van der Waals surface area contributed by atoms with E-state index in [2.05, 4.69) is 10.6 Å². The molecule has 1 aromatic heterocycles. The van der Waals surface area contributed by atoms with Gasteiger partial charge in [-0.25, -0.2) is 9.59 Å². The molecule has 1 aliphatic rings. The van der Waals surface area contributed by atoms with E-state index in [1.807, 2.05) is 30.3 Å². The van der Waals surface area contributed by atoms with Crippen LogP contribution in [-0.2, 0) is 16.1 Å². The van der Waals surface area contributed by atoms with Gasteiger partial charge in [-0.2, -0.15) is 0 Å². The van der Waals surface area contributed by atoms with E-state index in [1.165, 1.54) is 6.26 Å². The van der Waals surface area contributed by atoms with Crippen LogP contribution in [0.25, 0.3) is 0 Å². The van der Waals surface area contributed by atoms with Gasteiger partial charge in [-0.05, 0) is 24.6 Å². The number of allylic oxidation sites excluding steroid dienone is 1. The quantitative estimate of drug-likeness (QED) is 0.851. The van der Waals surface area contributed by atoms with Crippen LogP contribution in [0.1, 0.15) is 24.3 Å². The Morgan fingerprint density at radius 1 is 1.22 bits per heavy atom. The molecule has 0 spiro atoms. The first kappa shape index (κ1) is 14.9. The van der Waals surface area contributed by atoms with Gasteiger partial charge in [0.2, 0.25) is 0 Å². The largest absolute Gasteiger partial charge is 0.467 e. The molecule has 0 aliphatic carbocycles. The average molecular weight is 312 g/mol. The molecule has 0 saturated carbocycles. The maximum Gasteiger partial charge on any atom is 0.338 e. The molecule has 3 rings (SSSR count). The van der Waals surface area contributed by atoms with Crippen LogP contribution in [-0.4, -0.2) is 12.0 Å². The van der Waals surface area contributed by atoms with Crippen molar-refractivity contribution >= 4 is 12.0 Å². The number of hydrogen-bond acceptors (Lipinski definition) is 4. The lowest BCUT2D eigenvalue weighted by molar-refractivity contribution is -0.140. The number of furan rings is 1. The van der Waals surface area contributed by atoms with Crippen LogP contribution < -0.4 is 10.6 Å². The predicted molar refractivity (Wildman–Crippen MR) is 82.1 cm³/mol. The summed E-state index contributed by atoms with van der Waals surface area (Å²) in [6.07, 6.45) is 1.49. The summed E-state index contributed by atoms with van der Waals surface area (Å²) in [7, 11) is 0. The van der Waals surface area contributed by atoms with E-state index in [4.69, 9.17) is 9.15 Å². The highest BCUT2D eigenvalue weighted by atomic mass is 16.5. The van der Waals surface area contributed by atoms with E-state index in [9.17, 15) is 9.59 Å². The number of urea groups is 1. The molecule has 6 heteroatoms. The fourth-order valence-corrected chi connectivity index (χ4v) is 2.43. The van der Waals surface area contributed by atoms with Gasteiger partial charge in [0.05, 0.1) is 11.8 Å². The van der Waals surface area contributed by atoms with Gasteiger partial charge in [0.25, 0.3) is 0 Å². The first-order chi connectivity index (χ1) is 11.1. The SMILES string of the molecule is CC1=C(C(=O)OCc2ccccc2)[C@H](c2ccco2)NC(=O)N1. The molecule has 0 unspecified atom stereocenters. The molecule has 1 aromatic carbocycles. The lowest BCUT2D eigenvalue weighted by Crippen LogP contribution is -2.45. The second-order valence-corrected chi connectivity index (χ2v) is 5.15. The van der Waals surface area contributed by atoms with E-state index in [0.29, 0.717) is 17.0 Å². The molecule has 2 amide bonds. The van der Waals surface area contributed by atoms with Crippen LogP contribution in [0, 0.1) is 0 Å². The van der Waals surface area contributed by atoms with Crippen molar-refractivity contribution in [3.05, 3.63) is 71.3 Å². The molecule has 0 radical (unpaired) electrons. The van der Waals surface area contributed by atoms with Crippen molar-refractivity contribution in [3.63, 3.8) is 0 Å². The Morgan fingerprint density at radius 3 is 2.70 bits per heavy atom. The number of esters is 1. The van der Waals surface area contributed by atoms with E-state index < -0.39 is 12.0 Å². The van der Waals surface area contributed by atoms with Gasteiger partial charge in [-0.1, -0.05) is 30.3 Å². The third-order valence-electron chi connectivity index (χ3n) is 3.53. The summed E-state index contributed by atoms with van der Waals surface area (Å²) in [5, 5.41) is 5.26. The minimum Gasteiger partial charge on any atom is -0.467 e. The van der Waals surface area contributed by atoms with Gasteiger partial charge < -0.3 is 19.8 Å². The number of ether oxygens (including phenoxy) is 1. The van der Waals surface area contributed by atoms with Crippen LogP contribution >= 0.6 is 0 Å². The molecule has 2 aromatic rings. The second-order valence-electron chi connectivity index (χ2n) is 5.15. The maximum atomic E-state index is 12.5. The summed E-state index contributed by atoms with van der Waals surface area (Å²) in [4.78, 5) is 24.2. The molecule has 0 fully saturated rings. The van der Waals surface area contributed by atoms with Crippen LogP contribution in [0.3, 0.4) is 0 Å². The minimum absolute atomic E-state index is 0.162. The van der Waals surface area contributed by atoms with Crippen molar-refractivity contribution in [3.8, 4) is 0 Å². The van der Waals surface area contributed by atoms with Crippen molar-refractivity contribution in [2.75, 3.05) is 0 Å². The Morgan fingerprint density at radius 2 is 2.00 bits per heavy atom. The molecule has 1 aliphatic heterocycles. The topological polar surface area (TPSA) is 80.6 Å².